The van der Waals surface area contributed by atoms with E-state index in [2.05, 4.69) is 26.0 Å². The van der Waals surface area contributed by atoms with E-state index in [0.717, 1.165) is 10.0 Å². The first-order chi connectivity index (χ1) is 12.9. The second-order valence-corrected chi connectivity index (χ2v) is 8.27. The minimum absolute atomic E-state index is 0.121. The third kappa shape index (κ3) is 6.40. The Morgan fingerprint density at radius 2 is 1.63 bits per heavy atom. The fraction of sp³-hybridized carbons (Fsp3) is 0.278. The van der Waals surface area contributed by atoms with E-state index in [-0.39, 0.29) is 23.9 Å². The van der Waals surface area contributed by atoms with Crippen molar-refractivity contribution in [3.8, 4) is 0 Å². The Hall–Kier alpha value is -1.78. The fourth-order valence-electron chi connectivity index (χ4n) is 2.19. The quantitative estimate of drug-likeness (QED) is 0.564. The molecule has 7 nitrogen and oxygen atoms in total. The molecule has 0 radical (unpaired) electrons. The van der Waals surface area contributed by atoms with E-state index in [9.17, 15) is 13.2 Å². The molecule has 9 heteroatoms. The minimum atomic E-state index is -3.60. The van der Waals surface area contributed by atoms with Crippen molar-refractivity contribution >= 4 is 31.9 Å². The molecule has 2 aromatic rings. The number of methoxy groups -OCH3 is 2. The summed E-state index contributed by atoms with van der Waals surface area (Å²) in [5.74, 6) is -0.268. The van der Waals surface area contributed by atoms with Gasteiger partial charge < -0.3 is 14.8 Å². The summed E-state index contributed by atoms with van der Waals surface area (Å²) in [6.07, 6.45) is -0.513. The summed E-state index contributed by atoms with van der Waals surface area (Å²) in [7, 11) is -0.623. The number of halogens is 1. The maximum atomic E-state index is 12.3. The fourth-order valence-corrected chi connectivity index (χ4v) is 3.47. The van der Waals surface area contributed by atoms with E-state index in [1.807, 2.05) is 0 Å². The van der Waals surface area contributed by atoms with Crippen LogP contribution in [0, 0.1) is 0 Å². The second kappa shape index (κ2) is 9.95. The van der Waals surface area contributed by atoms with Crippen molar-refractivity contribution in [3.05, 3.63) is 64.1 Å². The number of amides is 1. The molecule has 0 fully saturated rings. The van der Waals surface area contributed by atoms with Crippen LogP contribution in [0.4, 0.5) is 0 Å². The van der Waals surface area contributed by atoms with Crippen LogP contribution in [0.5, 0.6) is 0 Å². The molecule has 0 saturated heterocycles. The summed E-state index contributed by atoms with van der Waals surface area (Å²) < 4.78 is 37.9. The zero-order chi connectivity index (χ0) is 19.9. The number of ether oxygens (including phenoxy) is 2. The van der Waals surface area contributed by atoms with Gasteiger partial charge in [0.1, 0.15) is 0 Å². The van der Waals surface area contributed by atoms with E-state index in [1.54, 1.807) is 36.4 Å². The average Bonchev–Trinajstić information content (AvgIpc) is 2.68. The van der Waals surface area contributed by atoms with Crippen LogP contribution in [0.25, 0.3) is 0 Å². The minimum Gasteiger partial charge on any atom is -0.354 e. The highest BCUT2D eigenvalue weighted by atomic mass is 79.9. The van der Waals surface area contributed by atoms with Crippen LogP contribution >= 0.6 is 15.9 Å². The van der Waals surface area contributed by atoms with Crippen molar-refractivity contribution < 1.29 is 22.7 Å². The Bertz CT molecular complexity index is 850. The average molecular weight is 457 g/mol. The lowest BCUT2D eigenvalue weighted by atomic mass is 10.1. The summed E-state index contributed by atoms with van der Waals surface area (Å²) >= 11 is 3.27. The first-order valence-corrected chi connectivity index (χ1v) is 10.3. The predicted molar refractivity (Wildman–Crippen MR) is 105 cm³/mol. The first kappa shape index (κ1) is 21.5. The van der Waals surface area contributed by atoms with Crippen molar-refractivity contribution in [2.45, 2.75) is 17.7 Å². The summed E-state index contributed by atoms with van der Waals surface area (Å²) in [4.78, 5) is 12.3. The summed E-state index contributed by atoms with van der Waals surface area (Å²) in [5, 5.41) is 2.70. The second-order valence-electron chi connectivity index (χ2n) is 5.59. The molecule has 0 aliphatic carbocycles. The Balaban J connectivity index is 1.93. The molecule has 2 N–H and O–H groups in total. The van der Waals surface area contributed by atoms with Crippen LogP contribution in [-0.2, 0) is 26.0 Å². The largest absolute Gasteiger partial charge is 0.354 e. The molecule has 146 valence electrons. The number of nitrogens with one attached hydrogen (secondary N) is 2. The van der Waals surface area contributed by atoms with Crippen LogP contribution in [-0.4, -0.2) is 41.4 Å². The highest BCUT2D eigenvalue weighted by Crippen LogP contribution is 2.15. The van der Waals surface area contributed by atoms with Gasteiger partial charge in [0.05, 0.1) is 11.4 Å². The first-order valence-electron chi connectivity index (χ1n) is 8.03. The molecule has 27 heavy (non-hydrogen) atoms. The van der Waals surface area contributed by atoms with Gasteiger partial charge in [0.15, 0.2) is 6.29 Å². The SMILES string of the molecule is COC(CNC(=O)c1ccc(CNS(=O)(=O)c2ccc(Br)cc2)cc1)OC. The van der Waals surface area contributed by atoms with Crippen LogP contribution in [0.1, 0.15) is 15.9 Å². The van der Waals surface area contributed by atoms with Crippen molar-refractivity contribution in [1.29, 1.82) is 0 Å². The van der Waals surface area contributed by atoms with E-state index in [4.69, 9.17) is 9.47 Å². The maximum Gasteiger partial charge on any atom is 0.251 e. The van der Waals surface area contributed by atoms with Gasteiger partial charge in [0.25, 0.3) is 5.91 Å². The van der Waals surface area contributed by atoms with E-state index in [0.29, 0.717) is 5.56 Å². The lowest BCUT2D eigenvalue weighted by Crippen LogP contribution is -2.34. The predicted octanol–water partition coefficient (Wildman–Crippen LogP) is 2.28. The van der Waals surface area contributed by atoms with Gasteiger partial charge in [0, 0.05) is 30.8 Å². The zero-order valence-corrected chi connectivity index (χ0v) is 17.3. The van der Waals surface area contributed by atoms with E-state index in [1.165, 1.54) is 26.4 Å². The molecule has 0 aliphatic rings. The number of rotatable bonds is 9. The number of sulfonamides is 1. The third-order valence-corrected chi connectivity index (χ3v) is 5.71. The van der Waals surface area contributed by atoms with Crippen LogP contribution in [0.2, 0.25) is 0 Å². The smallest absolute Gasteiger partial charge is 0.251 e. The molecule has 0 spiro atoms. The molecule has 1 amide bonds. The topological polar surface area (TPSA) is 93.7 Å². The lowest BCUT2D eigenvalue weighted by molar-refractivity contribution is -0.0974. The molecular weight excluding hydrogens is 436 g/mol. The van der Waals surface area contributed by atoms with Gasteiger partial charge in [-0.1, -0.05) is 28.1 Å². The standard InChI is InChI=1S/C18H21BrN2O5S/c1-25-17(26-2)12-20-18(22)14-5-3-13(4-6-14)11-21-27(23,24)16-9-7-15(19)8-10-16/h3-10,17,21H,11-12H2,1-2H3,(H,20,22). The Morgan fingerprint density at radius 1 is 1.04 bits per heavy atom. The molecular formula is C18H21BrN2O5S. The van der Waals surface area contributed by atoms with Gasteiger partial charge in [-0.2, -0.15) is 0 Å². The molecule has 0 atom stereocenters. The monoisotopic (exact) mass is 456 g/mol. The molecule has 0 saturated carbocycles. The highest BCUT2D eigenvalue weighted by Gasteiger charge is 2.14. The molecule has 0 heterocycles. The third-order valence-electron chi connectivity index (χ3n) is 3.76. The van der Waals surface area contributed by atoms with Crippen molar-refractivity contribution in [2.24, 2.45) is 0 Å². The van der Waals surface area contributed by atoms with Crippen molar-refractivity contribution in [1.82, 2.24) is 10.0 Å². The van der Waals surface area contributed by atoms with Crippen molar-refractivity contribution in [2.75, 3.05) is 20.8 Å². The number of carbonyl (C=O) groups is 1. The molecule has 0 bridgehead atoms. The Morgan fingerprint density at radius 3 is 2.19 bits per heavy atom. The number of benzene rings is 2. The molecule has 2 rings (SSSR count). The summed E-state index contributed by atoms with van der Waals surface area (Å²) in [6.45, 7) is 0.344. The van der Waals surface area contributed by atoms with Gasteiger partial charge >= 0.3 is 0 Å². The molecule has 2 aromatic carbocycles. The molecule has 0 aliphatic heterocycles. The van der Waals surface area contributed by atoms with Gasteiger partial charge in [-0.05, 0) is 42.0 Å². The normalized spacial score (nSPS) is 11.6. The van der Waals surface area contributed by atoms with Gasteiger partial charge in [-0.15, -0.1) is 0 Å². The summed E-state index contributed by atoms with van der Waals surface area (Å²) in [5.41, 5.74) is 1.19. The van der Waals surface area contributed by atoms with Gasteiger partial charge in [0.2, 0.25) is 10.0 Å². The zero-order valence-electron chi connectivity index (χ0n) is 14.9. The summed E-state index contributed by atoms with van der Waals surface area (Å²) in [6, 6.07) is 13.0. The Labute approximate surface area is 167 Å². The van der Waals surface area contributed by atoms with Crippen LogP contribution < -0.4 is 10.0 Å². The maximum absolute atomic E-state index is 12.3. The van der Waals surface area contributed by atoms with Crippen LogP contribution in [0.3, 0.4) is 0 Å². The van der Waals surface area contributed by atoms with E-state index >= 15 is 0 Å². The van der Waals surface area contributed by atoms with Crippen molar-refractivity contribution in [3.63, 3.8) is 0 Å². The Kier molecular flexibility index (Phi) is 7.93. The lowest BCUT2D eigenvalue weighted by Gasteiger charge is -2.14. The highest BCUT2D eigenvalue weighted by molar-refractivity contribution is 9.10. The molecule has 0 aromatic heterocycles. The van der Waals surface area contributed by atoms with Gasteiger partial charge in [-0.25, -0.2) is 13.1 Å². The number of hydrogen-bond donors (Lipinski definition) is 2. The van der Waals surface area contributed by atoms with Crippen LogP contribution in [0.15, 0.2) is 57.9 Å². The molecule has 0 unspecified atom stereocenters. The number of hydrogen-bond acceptors (Lipinski definition) is 5. The van der Waals surface area contributed by atoms with E-state index < -0.39 is 16.3 Å². The van der Waals surface area contributed by atoms with Gasteiger partial charge in [-0.3, -0.25) is 4.79 Å². The number of carbonyl (C=O) groups excluding carboxylic acids is 1.